The molecule has 1 aliphatic rings. The maximum Gasteiger partial charge on any atom is 0.0958 e. The SMILES string of the molecule is c1cncc(CC2CCN(CCn3cnc4ccccc43)C2)c1. The van der Waals surface area contributed by atoms with Gasteiger partial charge in [-0.25, -0.2) is 4.98 Å². The summed E-state index contributed by atoms with van der Waals surface area (Å²) >= 11 is 0. The Morgan fingerprint density at radius 1 is 1.09 bits per heavy atom. The van der Waals surface area contributed by atoms with Crippen molar-refractivity contribution < 1.29 is 0 Å². The number of fused-ring (bicyclic) bond motifs is 1. The average molecular weight is 306 g/mol. The fraction of sp³-hybridized carbons (Fsp3) is 0.368. The average Bonchev–Trinajstić information content (AvgIpc) is 3.21. The van der Waals surface area contributed by atoms with Crippen molar-refractivity contribution in [1.82, 2.24) is 19.4 Å². The highest BCUT2D eigenvalue weighted by atomic mass is 15.2. The number of aromatic nitrogens is 3. The molecule has 0 N–H and O–H groups in total. The standard InChI is InChI=1S/C19H22N4/c1-2-6-19-18(5-1)21-15-23(19)11-10-22-9-7-17(14-22)12-16-4-3-8-20-13-16/h1-6,8,13,15,17H,7,9-12,14H2. The largest absolute Gasteiger partial charge is 0.329 e. The number of likely N-dealkylation sites (tertiary alicyclic amines) is 1. The van der Waals surface area contributed by atoms with Crippen LogP contribution in [-0.4, -0.2) is 39.1 Å². The summed E-state index contributed by atoms with van der Waals surface area (Å²) in [4.78, 5) is 11.3. The summed E-state index contributed by atoms with van der Waals surface area (Å²) in [5, 5.41) is 0. The number of rotatable bonds is 5. The van der Waals surface area contributed by atoms with Gasteiger partial charge >= 0.3 is 0 Å². The van der Waals surface area contributed by atoms with Crippen LogP contribution in [-0.2, 0) is 13.0 Å². The second-order valence-corrected chi connectivity index (χ2v) is 6.45. The van der Waals surface area contributed by atoms with Gasteiger partial charge < -0.3 is 9.47 Å². The van der Waals surface area contributed by atoms with Crippen LogP contribution in [0, 0.1) is 5.92 Å². The summed E-state index contributed by atoms with van der Waals surface area (Å²) in [6.45, 7) is 4.52. The number of benzene rings is 1. The van der Waals surface area contributed by atoms with Gasteiger partial charge in [-0.3, -0.25) is 4.98 Å². The molecule has 23 heavy (non-hydrogen) atoms. The highest BCUT2D eigenvalue weighted by molar-refractivity contribution is 5.74. The van der Waals surface area contributed by atoms with Crippen LogP contribution in [0.1, 0.15) is 12.0 Å². The lowest BCUT2D eigenvalue weighted by Gasteiger charge is -2.16. The number of nitrogens with zero attached hydrogens (tertiary/aromatic N) is 4. The predicted molar refractivity (Wildman–Crippen MR) is 92.2 cm³/mol. The van der Waals surface area contributed by atoms with Gasteiger partial charge in [0, 0.05) is 32.0 Å². The number of hydrogen-bond donors (Lipinski definition) is 0. The van der Waals surface area contributed by atoms with Crippen LogP contribution in [0.25, 0.3) is 11.0 Å². The van der Waals surface area contributed by atoms with Crippen LogP contribution >= 0.6 is 0 Å². The molecular weight excluding hydrogens is 284 g/mol. The zero-order valence-corrected chi connectivity index (χ0v) is 13.3. The minimum absolute atomic E-state index is 0.763. The van der Waals surface area contributed by atoms with E-state index in [1.54, 1.807) is 0 Å². The van der Waals surface area contributed by atoms with E-state index in [1.165, 1.54) is 30.6 Å². The van der Waals surface area contributed by atoms with Crippen molar-refractivity contribution in [1.29, 1.82) is 0 Å². The number of pyridine rings is 1. The fourth-order valence-electron chi connectivity index (χ4n) is 3.57. The summed E-state index contributed by atoms with van der Waals surface area (Å²) in [6.07, 6.45) is 8.26. The number of imidazole rings is 1. The molecule has 0 amide bonds. The van der Waals surface area contributed by atoms with Gasteiger partial charge in [0.2, 0.25) is 0 Å². The first-order valence-corrected chi connectivity index (χ1v) is 8.39. The summed E-state index contributed by atoms with van der Waals surface area (Å²) in [6, 6.07) is 12.6. The number of para-hydroxylation sites is 2. The second kappa shape index (κ2) is 6.50. The van der Waals surface area contributed by atoms with Crippen LogP contribution in [0.15, 0.2) is 55.1 Å². The molecule has 1 fully saturated rings. The van der Waals surface area contributed by atoms with E-state index in [2.05, 4.69) is 43.7 Å². The van der Waals surface area contributed by atoms with Crippen LogP contribution in [0.5, 0.6) is 0 Å². The highest BCUT2D eigenvalue weighted by Gasteiger charge is 2.22. The Morgan fingerprint density at radius 2 is 2.04 bits per heavy atom. The van der Waals surface area contributed by atoms with Gasteiger partial charge in [0.15, 0.2) is 0 Å². The predicted octanol–water partition coefficient (Wildman–Crippen LogP) is 3.00. The monoisotopic (exact) mass is 306 g/mol. The lowest BCUT2D eigenvalue weighted by Crippen LogP contribution is -2.25. The molecule has 3 aromatic rings. The van der Waals surface area contributed by atoms with Crippen molar-refractivity contribution in [2.75, 3.05) is 19.6 Å². The van der Waals surface area contributed by atoms with E-state index in [0.717, 1.165) is 30.9 Å². The van der Waals surface area contributed by atoms with Gasteiger partial charge in [-0.05, 0) is 49.1 Å². The zero-order chi connectivity index (χ0) is 15.5. The van der Waals surface area contributed by atoms with Crippen molar-refractivity contribution in [2.45, 2.75) is 19.4 Å². The quantitative estimate of drug-likeness (QED) is 0.726. The van der Waals surface area contributed by atoms with E-state index in [0.29, 0.717) is 0 Å². The van der Waals surface area contributed by atoms with Crippen molar-refractivity contribution >= 4 is 11.0 Å². The third-order valence-electron chi connectivity index (χ3n) is 4.80. The lowest BCUT2D eigenvalue weighted by molar-refractivity contribution is 0.311. The summed E-state index contributed by atoms with van der Waals surface area (Å²) in [5.74, 6) is 0.763. The molecule has 4 nitrogen and oxygen atoms in total. The van der Waals surface area contributed by atoms with Crippen LogP contribution < -0.4 is 0 Å². The molecule has 4 rings (SSSR count). The summed E-state index contributed by atoms with van der Waals surface area (Å²) < 4.78 is 2.27. The Balaban J connectivity index is 1.32. The molecule has 0 saturated carbocycles. The fourth-order valence-corrected chi connectivity index (χ4v) is 3.57. The highest BCUT2D eigenvalue weighted by Crippen LogP contribution is 2.20. The molecule has 1 saturated heterocycles. The Bertz CT molecular complexity index is 765. The van der Waals surface area contributed by atoms with E-state index in [1.807, 2.05) is 30.9 Å². The lowest BCUT2D eigenvalue weighted by atomic mass is 10.0. The Labute approximate surface area is 136 Å². The molecule has 118 valence electrons. The Morgan fingerprint density at radius 3 is 2.96 bits per heavy atom. The van der Waals surface area contributed by atoms with Crippen molar-refractivity contribution in [3.63, 3.8) is 0 Å². The zero-order valence-electron chi connectivity index (χ0n) is 13.3. The molecule has 0 spiro atoms. The van der Waals surface area contributed by atoms with Gasteiger partial charge in [-0.2, -0.15) is 0 Å². The molecule has 3 heterocycles. The van der Waals surface area contributed by atoms with Crippen LogP contribution in [0.2, 0.25) is 0 Å². The third kappa shape index (κ3) is 3.27. The molecule has 4 heteroatoms. The molecule has 1 aliphatic heterocycles. The van der Waals surface area contributed by atoms with E-state index < -0.39 is 0 Å². The Hall–Kier alpha value is -2.20. The molecule has 0 aliphatic carbocycles. The third-order valence-corrected chi connectivity index (χ3v) is 4.80. The number of hydrogen-bond acceptors (Lipinski definition) is 3. The molecular formula is C19H22N4. The van der Waals surface area contributed by atoms with E-state index >= 15 is 0 Å². The van der Waals surface area contributed by atoms with Crippen LogP contribution in [0.4, 0.5) is 0 Å². The normalized spacial score (nSPS) is 18.7. The summed E-state index contributed by atoms with van der Waals surface area (Å²) in [5.41, 5.74) is 3.68. The first kappa shape index (κ1) is 14.4. The second-order valence-electron chi connectivity index (χ2n) is 6.45. The smallest absolute Gasteiger partial charge is 0.0958 e. The molecule has 2 aromatic heterocycles. The topological polar surface area (TPSA) is 34.0 Å². The van der Waals surface area contributed by atoms with Crippen molar-refractivity contribution in [3.05, 3.63) is 60.7 Å². The first-order valence-electron chi connectivity index (χ1n) is 8.39. The first-order chi connectivity index (χ1) is 11.4. The van der Waals surface area contributed by atoms with Gasteiger partial charge in [0.25, 0.3) is 0 Å². The van der Waals surface area contributed by atoms with Gasteiger partial charge in [-0.1, -0.05) is 18.2 Å². The minimum atomic E-state index is 0.763. The van der Waals surface area contributed by atoms with Gasteiger partial charge in [-0.15, -0.1) is 0 Å². The van der Waals surface area contributed by atoms with Crippen molar-refractivity contribution in [3.8, 4) is 0 Å². The summed E-state index contributed by atoms with van der Waals surface area (Å²) in [7, 11) is 0. The van der Waals surface area contributed by atoms with Gasteiger partial charge in [0.1, 0.15) is 0 Å². The minimum Gasteiger partial charge on any atom is -0.329 e. The molecule has 0 bridgehead atoms. The van der Waals surface area contributed by atoms with E-state index in [-0.39, 0.29) is 0 Å². The molecule has 1 aromatic carbocycles. The van der Waals surface area contributed by atoms with E-state index in [4.69, 9.17) is 0 Å². The Kier molecular flexibility index (Phi) is 4.07. The molecule has 1 atom stereocenters. The molecule has 1 unspecified atom stereocenters. The maximum absolute atomic E-state index is 4.47. The van der Waals surface area contributed by atoms with E-state index in [9.17, 15) is 0 Å². The van der Waals surface area contributed by atoms with Crippen LogP contribution in [0.3, 0.4) is 0 Å². The maximum atomic E-state index is 4.47. The van der Waals surface area contributed by atoms with Crippen molar-refractivity contribution in [2.24, 2.45) is 5.92 Å². The molecule has 0 radical (unpaired) electrons. The van der Waals surface area contributed by atoms with Gasteiger partial charge in [0.05, 0.1) is 17.4 Å².